The van der Waals surface area contributed by atoms with Crippen LogP contribution in [0.1, 0.15) is 24.0 Å². The first-order valence-corrected chi connectivity index (χ1v) is 12.6. The van der Waals surface area contributed by atoms with Crippen molar-refractivity contribution in [2.75, 3.05) is 18.4 Å². The fourth-order valence-electron chi connectivity index (χ4n) is 3.34. The second-order valence-corrected chi connectivity index (χ2v) is 11.2. The van der Waals surface area contributed by atoms with Gasteiger partial charge in [-0.05, 0) is 83.8 Å². The number of halogens is 3. The van der Waals surface area contributed by atoms with Crippen LogP contribution in [0, 0.1) is 16.4 Å². The number of benzene rings is 2. The second kappa shape index (κ2) is 9.51. The van der Waals surface area contributed by atoms with E-state index in [9.17, 15) is 13.2 Å². The molecule has 1 atom stereocenters. The minimum atomic E-state index is -3.57. The molecule has 0 radical (unpaired) electrons. The number of nitrogens with one attached hydrogen (secondary N) is 1. The Bertz CT molecular complexity index is 1030. The van der Waals surface area contributed by atoms with Crippen molar-refractivity contribution in [1.29, 1.82) is 0 Å². The fraction of sp³-hybridized carbons (Fsp3) is 0.350. The molecule has 1 unspecified atom stereocenters. The van der Waals surface area contributed by atoms with Crippen LogP contribution in [0.25, 0.3) is 0 Å². The quantitative estimate of drug-likeness (QED) is 0.513. The van der Waals surface area contributed by atoms with Crippen molar-refractivity contribution >= 4 is 67.4 Å². The van der Waals surface area contributed by atoms with Gasteiger partial charge in [-0.15, -0.1) is 0 Å². The van der Waals surface area contributed by atoms with Gasteiger partial charge in [0.2, 0.25) is 15.9 Å². The van der Waals surface area contributed by atoms with Crippen molar-refractivity contribution in [3.8, 4) is 0 Å². The number of carbonyl (C=O) groups is 1. The summed E-state index contributed by atoms with van der Waals surface area (Å²) in [6.07, 6.45) is 1.30. The summed E-state index contributed by atoms with van der Waals surface area (Å²) >= 11 is 14.1. The van der Waals surface area contributed by atoms with Gasteiger partial charge in [-0.1, -0.05) is 29.3 Å². The molecule has 1 amide bonds. The van der Waals surface area contributed by atoms with E-state index in [4.69, 9.17) is 23.2 Å². The highest BCUT2D eigenvalue weighted by molar-refractivity contribution is 14.1. The van der Waals surface area contributed by atoms with Crippen LogP contribution in [0.15, 0.2) is 36.4 Å². The summed E-state index contributed by atoms with van der Waals surface area (Å²) in [5, 5.41) is 3.65. The standard InChI is InChI=1S/C20H21Cl2IN2O3S/c1-13-9-16(23)5-7-19(13)24-20(26)15-3-2-8-25(11-15)29(27,28)12-14-4-6-17(21)18(22)10-14/h4-7,9-10,15H,2-3,8,11-12H2,1H3,(H,24,26). The molecule has 29 heavy (non-hydrogen) atoms. The van der Waals surface area contributed by atoms with Gasteiger partial charge in [-0.25, -0.2) is 12.7 Å². The molecule has 2 aromatic carbocycles. The number of carbonyl (C=O) groups excluding carboxylic acids is 1. The topological polar surface area (TPSA) is 66.5 Å². The molecule has 1 aliphatic heterocycles. The summed E-state index contributed by atoms with van der Waals surface area (Å²) < 4.78 is 28.3. The molecule has 156 valence electrons. The van der Waals surface area contributed by atoms with Crippen molar-refractivity contribution in [3.05, 3.63) is 61.1 Å². The lowest BCUT2D eigenvalue weighted by molar-refractivity contribution is -0.120. The first-order chi connectivity index (χ1) is 13.7. The van der Waals surface area contributed by atoms with Crippen LogP contribution in [-0.2, 0) is 20.6 Å². The molecule has 5 nitrogen and oxygen atoms in total. The van der Waals surface area contributed by atoms with E-state index < -0.39 is 10.0 Å². The lowest BCUT2D eigenvalue weighted by Crippen LogP contribution is -2.44. The molecular weight excluding hydrogens is 546 g/mol. The Morgan fingerprint density at radius 3 is 2.66 bits per heavy atom. The lowest BCUT2D eigenvalue weighted by atomic mass is 9.98. The van der Waals surface area contributed by atoms with Crippen LogP contribution < -0.4 is 5.32 Å². The molecule has 0 aromatic heterocycles. The van der Waals surface area contributed by atoms with E-state index in [-0.39, 0.29) is 24.1 Å². The molecule has 0 spiro atoms. The van der Waals surface area contributed by atoms with Crippen molar-refractivity contribution in [2.24, 2.45) is 5.92 Å². The predicted octanol–water partition coefficient (Wildman–Crippen LogP) is 5.09. The average Bonchev–Trinajstić information content (AvgIpc) is 2.67. The maximum atomic E-state index is 12.9. The Morgan fingerprint density at radius 2 is 1.97 bits per heavy atom. The highest BCUT2D eigenvalue weighted by Gasteiger charge is 2.32. The number of hydrogen-bond acceptors (Lipinski definition) is 3. The Kier molecular flexibility index (Phi) is 7.48. The highest BCUT2D eigenvalue weighted by atomic mass is 127. The number of nitrogens with zero attached hydrogens (tertiary/aromatic N) is 1. The molecule has 0 saturated carbocycles. The molecule has 0 bridgehead atoms. The second-order valence-electron chi connectivity index (χ2n) is 7.15. The first kappa shape index (κ1) is 22.8. The number of rotatable bonds is 5. The zero-order valence-corrected chi connectivity index (χ0v) is 20.3. The highest BCUT2D eigenvalue weighted by Crippen LogP contribution is 2.27. The van der Waals surface area contributed by atoms with Crippen molar-refractivity contribution in [2.45, 2.75) is 25.5 Å². The normalized spacial score (nSPS) is 17.9. The summed E-state index contributed by atoms with van der Waals surface area (Å²) in [5.74, 6) is -0.705. The molecule has 9 heteroatoms. The summed E-state index contributed by atoms with van der Waals surface area (Å²) in [5.41, 5.74) is 2.30. The van der Waals surface area contributed by atoms with Crippen LogP contribution in [-0.4, -0.2) is 31.7 Å². The number of amides is 1. The number of piperidine rings is 1. The van der Waals surface area contributed by atoms with Gasteiger partial charge in [-0.3, -0.25) is 4.79 Å². The van der Waals surface area contributed by atoms with Crippen LogP contribution in [0.2, 0.25) is 10.0 Å². The Hall–Kier alpha value is -0.870. The monoisotopic (exact) mass is 566 g/mol. The third kappa shape index (κ3) is 5.85. The SMILES string of the molecule is Cc1cc(I)ccc1NC(=O)C1CCCN(S(=O)(=O)Cc2ccc(Cl)c(Cl)c2)C1. The van der Waals surface area contributed by atoms with Crippen LogP contribution >= 0.6 is 45.8 Å². The Balaban J connectivity index is 1.68. The first-order valence-electron chi connectivity index (χ1n) is 9.14. The molecule has 1 saturated heterocycles. The number of aryl methyl sites for hydroxylation is 1. The van der Waals surface area contributed by atoms with Crippen LogP contribution in [0.4, 0.5) is 5.69 Å². The van der Waals surface area contributed by atoms with Gasteiger partial charge in [0.1, 0.15) is 0 Å². The van der Waals surface area contributed by atoms with Gasteiger partial charge in [0.15, 0.2) is 0 Å². The minimum Gasteiger partial charge on any atom is -0.326 e. The molecule has 2 aromatic rings. The molecule has 3 rings (SSSR count). The smallest absolute Gasteiger partial charge is 0.228 e. The van der Waals surface area contributed by atoms with Gasteiger partial charge in [0, 0.05) is 22.3 Å². The van der Waals surface area contributed by atoms with Crippen LogP contribution in [0.5, 0.6) is 0 Å². The molecular formula is C20H21Cl2IN2O3S. The van der Waals surface area contributed by atoms with E-state index in [1.54, 1.807) is 18.2 Å². The average molecular weight is 567 g/mol. The largest absolute Gasteiger partial charge is 0.326 e. The predicted molar refractivity (Wildman–Crippen MR) is 126 cm³/mol. The maximum absolute atomic E-state index is 12.9. The van der Waals surface area contributed by atoms with E-state index in [1.807, 2.05) is 25.1 Å². The lowest BCUT2D eigenvalue weighted by Gasteiger charge is -2.31. The third-order valence-electron chi connectivity index (χ3n) is 4.93. The Labute approximate surface area is 195 Å². The molecule has 1 fully saturated rings. The summed E-state index contributed by atoms with van der Waals surface area (Å²) in [6.45, 7) is 2.53. The number of anilines is 1. The van der Waals surface area contributed by atoms with Gasteiger partial charge < -0.3 is 5.32 Å². The molecule has 0 aliphatic carbocycles. The van der Waals surface area contributed by atoms with Crippen molar-refractivity contribution in [1.82, 2.24) is 4.31 Å². The van der Waals surface area contributed by atoms with E-state index in [1.165, 1.54) is 4.31 Å². The van der Waals surface area contributed by atoms with Gasteiger partial charge in [-0.2, -0.15) is 0 Å². The fourth-order valence-corrected chi connectivity index (χ4v) is 5.91. The van der Waals surface area contributed by atoms with Crippen molar-refractivity contribution in [3.63, 3.8) is 0 Å². The molecule has 1 heterocycles. The molecule has 1 aliphatic rings. The number of hydrogen-bond donors (Lipinski definition) is 1. The third-order valence-corrected chi connectivity index (χ3v) is 8.15. The van der Waals surface area contributed by atoms with E-state index >= 15 is 0 Å². The van der Waals surface area contributed by atoms with E-state index in [0.717, 1.165) is 14.8 Å². The Morgan fingerprint density at radius 1 is 1.21 bits per heavy atom. The van der Waals surface area contributed by atoms with E-state index in [2.05, 4.69) is 27.9 Å². The zero-order chi connectivity index (χ0) is 21.2. The zero-order valence-electron chi connectivity index (χ0n) is 15.8. The maximum Gasteiger partial charge on any atom is 0.228 e. The molecule has 1 N–H and O–H groups in total. The van der Waals surface area contributed by atoms with Crippen molar-refractivity contribution < 1.29 is 13.2 Å². The summed E-state index contributed by atoms with van der Waals surface area (Å²) in [4.78, 5) is 12.8. The van der Waals surface area contributed by atoms with Gasteiger partial charge >= 0.3 is 0 Å². The van der Waals surface area contributed by atoms with Crippen LogP contribution in [0.3, 0.4) is 0 Å². The van der Waals surface area contributed by atoms with Gasteiger partial charge in [0.05, 0.1) is 21.7 Å². The summed E-state index contributed by atoms with van der Waals surface area (Å²) in [7, 11) is -3.57. The van der Waals surface area contributed by atoms with E-state index in [0.29, 0.717) is 35.0 Å². The summed E-state index contributed by atoms with van der Waals surface area (Å²) in [6, 6.07) is 10.6. The number of sulfonamides is 1. The minimum absolute atomic E-state index is 0.149. The van der Waals surface area contributed by atoms with Gasteiger partial charge in [0.25, 0.3) is 0 Å².